The SMILES string of the molecule is CC(C)CNc1cc(-c2ccc(-c3ccccc3)cc2)nn2c(-c3ccc(C(=O)NC4CC4)cc3)cnc12. The molecule has 0 atom stereocenters. The highest BCUT2D eigenvalue weighted by Crippen LogP contribution is 2.30. The minimum Gasteiger partial charge on any atom is -0.382 e. The third-order valence-electron chi connectivity index (χ3n) is 6.81. The van der Waals surface area contributed by atoms with Gasteiger partial charge in [0.2, 0.25) is 0 Å². The fourth-order valence-corrected chi connectivity index (χ4v) is 4.50. The van der Waals surface area contributed by atoms with Gasteiger partial charge in [-0.05, 0) is 48.1 Å². The van der Waals surface area contributed by atoms with E-state index in [4.69, 9.17) is 10.1 Å². The Hall–Kier alpha value is -4.45. The van der Waals surface area contributed by atoms with Gasteiger partial charge in [-0.25, -0.2) is 9.50 Å². The number of benzene rings is 3. The summed E-state index contributed by atoms with van der Waals surface area (Å²) in [7, 11) is 0. The first-order valence-electron chi connectivity index (χ1n) is 13.2. The molecule has 1 aliphatic carbocycles. The molecule has 0 aliphatic heterocycles. The van der Waals surface area contributed by atoms with Crippen LogP contribution in [0.5, 0.6) is 0 Å². The Morgan fingerprint density at radius 1 is 0.895 bits per heavy atom. The highest BCUT2D eigenvalue weighted by molar-refractivity contribution is 5.95. The molecule has 2 aromatic heterocycles. The first-order chi connectivity index (χ1) is 18.5. The van der Waals surface area contributed by atoms with Crippen molar-refractivity contribution in [2.45, 2.75) is 32.7 Å². The number of amides is 1. The first kappa shape index (κ1) is 23.9. The number of hydrogen-bond donors (Lipinski definition) is 2. The Labute approximate surface area is 222 Å². The van der Waals surface area contributed by atoms with Crippen LogP contribution in [-0.2, 0) is 0 Å². The molecule has 0 bridgehead atoms. The van der Waals surface area contributed by atoms with Crippen LogP contribution in [0, 0.1) is 5.92 Å². The molecular weight excluding hydrogens is 470 g/mol. The molecule has 1 amide bonds. The molecule has 6 nitrogen and oxygen atoms in total. The number of hydrogen-bond acceptors (Lipinski definition) is 4. The van der Waals surface area contributed by atoms with Gasteiger partial charge in [0.1, 0.15) is 0 Å². The lowest BCUT2D eigenvalue weighted by Gasteiger charge is -2.13. The maximum Gasteiger partial charge on any atom is 0.251 e. The minimum atomic E-state index is -0.0169. The van der Waals surface area contributed by atoms with Crippen LogP contribution >= 0.6 is 0 Å². The normalized spacial score (nSPS) is 13.1. The summed E-state index contributed by atoms with van der Waals surface area (Å²) in [6, 6.07) is 29.0. The van der Waals surface area contributed by atoms with Crippen molar-refractivity contribution in [2.24, 2.45) is 5.92 Å². The second-order valence-corrected chi connectivity index (χ2v) is 10.4. The maximum atomic E-state index is 12.4. The zero-order valence-corrected chi connectivity index (χ0v) is 21.7. The van der Waals surface area contributed by atoms with Crippen molar-refractivity contribution in [3.8, 4) is 33.6 Å². The fraction of sp³-hybridized carbons (Fsp3) is 0.219. The zero-order valence-electron chi connectivity index (χ0n) is 21.7. The Morgan fingerprint density at radius 2 is 1.55 bits per heavy atom. The van der Waals surface area contributed by atoms with E-state index >= 15 is 0 Å². The van der Waals surface area contributed by atoms with Crippen molar-refractivity contribution < 1.29 is 4.79 Å². The molecule has 3 aromatic carbocycles. The Morgan fingerprint density at radius 3 is 2.24 bits per heavy atom. The number of carbonyl (C=O) groups is 1. The highest BCUT2D eigenvalue weighted by atomic mass is 16.1. The molecule has 190 valence electrons. The zero-order chi connectivity index (χ0) is 26.1. The second kappa shape index (κ2) is 10.1. The first-order valence-corrected chi connectivity index (χ1v) is 13.2. The van der Waals surface area contributed by atoms with Crippen molar-refractivity contribution in [1.29, 1.82) is 0 Å². The third-order valence-corrected chi connectivity index (χ3v) is 6.81. The van der Waals surface area contributed by atoms with Crippen LogP contribution < -0.4 is 10.6 Å². The Kier molecular flexibility index (Phi) is 6.38. The van der Waals surface area contributed by atoms with Crippen molar-refractivity contribution in [3.63, 3.8) is 0 Å². The number of anilines is 1. The number of carbonyl (C=O) groups excluding carboxylic acids is 1. The number of nitrogens with one attached hydrogen (secondary N) is 2. The summed E-state index contributed by atoms with van der Waals surface area (Å²) < 4.78 is 1.91. The fourth-order valence-electron chi connectivity index (χ4n) is 4.50. The van der Waals surface area contributed by atoms with Crippen LogP contribution in [0.4, 0.5) is 5.69 Å². The largest absolute Gasteiger partial charge is 0.382 e. The lowest BCUT2D eigenvalue weighted by Crippen LogP contribution is -2.25. The minimum absolute atomic E-state index is 0.0169. The molecule has 0 unspecified atom stereocenters. The molecule has 1 aliphatic rings. The summed E-state index contributed by atoms with van der Waals surface area (Å²) in [4.78, 5) is 17.2. The van der Waals surface area contributed by atoms with Crippen molar-refractivity contribution >= 4 is 17.2 Å². The summed E-state index contributed by atoms with van der Waals surface area (Å²) in [6.45, 7) is 5.21. The molecule has 0 spiro atoms. The smallest absolute Gasteiger partial charge is 0.251 e. The number of imidazole rings is 1. The molecule has 1 fully saturated rings. The van der Waals surface area contributed by atoms with Crippen LogP contribution in [-0.4, -0.2) is 33.1 Å². The summed E-state index contributed by atoms with van der Waals surface area (Å²) in [5.41, 5.74) is 8.48. The highest BCUT2D eigenvalue weighted by Gasteiger charge is 2.24. The average Bonchev–Trinajstić information content (AvgIpc) is 3.67. The van der Waals surface area contributed by atoms with E-state index in [0.717, 1.165) is 53.2 Å². The van der Waals surface area contributed by atoms with Gasteiger partial charge in [0.05, 0.1) is 23.3 Å². The number of aromatic nitrogens is 3. The van der Waals surface area contributed by atoms with Crippen LogP contribution in [0.25, 0.3) is 39.3 Å². The van der Waals surface area contributed by atoms with Crippen molar-refractivity contribution in [1.82, 2.24) is 19.9 Å². The van der Waals surface area contributed by atoms with Gasteiger partial charge < -0.3 is 10.6 Å². The van der Waals surface area contributed by atoms with Gasteiger partial charge in [-0.15, -0.1) is 0 Å². The van der Waals surface area contributed by atoms with Crippen LogP contribution in [0.1, 0.15) is 37.0 Å². The standard InChI is InChI=1S/C32H31N5O/c1-21(2)19-33-29-18-28(24-10-8-23(9-11-24)22-6-4-3-5-7-22)36-37-30(20-34-31(29)37)25-12-14-26(15-13-25)32(38)35-27-16-17-27/h3-15,18,20-21,27,33H,16-17,19H2,1-2H3,(H,35,38). The van der Waals surface area contributed by atoms with E-state index in [1.54, 1.807) is 0 Å². The summed E-state index contributed by atoms with van der Waals surface area (Å²) in [5, 5.41) is 11.6. The lowest BCUT2D eigenvalue weighted by atomic mass is 10.0. The van der Waals surface area contributed by atoms with E-state index in [-0.39, 0.29) is 5.91 Å². The van der Waals surface area contributed by atoms with Gasteiger partial charge in [0.15, 0.2) is 5.65 Å². The van der Waals surface area contributed by atoms with Gasteiger partial charge in [-0.3, -0.25) is 4.79 Å². The van der Waals surface area contributed by atoms with Gasteiger partial charge in [0, 0.05) is 29.3 Å². The van der Waals surface area contributed by atoms with Gasteiger partial charge >= 0.3 is 0 Å². The molecule has 6 rings (SSSR count). The van der Waals surface area contributed by atoms with Crippen LogP contribution in [0.3, 0.4) is 0 Å². The summed E-state index contributed by atoms with van der Waals surface area (Å²) in [6.07, 6.45) is 3.99. The average molecular weight is 502 g/mol. The molecule has 5 aromatic rings. The van der Waals surface area contributed by atoms with E-state index in [2.05, 4.69) is 79.1 Å². The Balaban J connectivity index is 1.37. The molecule has 6 heteroatoms. The van der Waals surface area contributed by atoms with E-state index in [0.29, 0.717) is 17.5 Å². The molecule has 2 heterocycles. The molecule has 0 saturated heterocycles. The predicted molar refractivity (Wildman–Crippen MR) is 153 cm³/mol. The van der Waals surface area contributed by atoms with E-state index < -0.39 is 0 Å². The van der Waals surface area contributed by atoms with E-state index in [9.17, 15) is 4.79 Å². The lowest BCUT2D eigenvalue weighted by molar-refractivity contribution is 0.0951. The summed E-state index contributed by atoms with van der Waals surface area (Å²) >= 11 is 0. The monoisotopic (exact) mass is 501 g/mol. The summed E-state index contributed by atoms with van der Waals surface area (Å²) in [5.74, 6) is 0.470. The number of rotatable bonds is 8. The third kappa shape index (κ3) is 5.02. The van der Waals surface area contributed by atoms with Crippen LogP contribution in [0.2, 0.25) is 0 Å². The molecule has 0 radical (unpaired) electrons. The molecule has 1 saturated carbocycles. The quantitative estimate of drug-likeness (QED) is 0.248. The van der Waals surface area contributed by atoms with Crippen molar-refractivity contribution in [2.75, 3.05) is 11.9 Å². The predicted octanol–water partition coefficient (Wildman–Crippen LogP) is 6.69. The van der Waals surface area contributed by atoms with Crippen LogP contribution in [0.15, 0.2) is 91.1 Å². The van der Waals surface area contributed by atoms with Crippen molar-refractivity contribution in [3.05, 3.63) is 96.7 Å². The molecule has 38 heavy (non-hydrogen) atoms. The topological polar surface area (TPSA) is 71.3 Å². The van der Waals surface area contributed by atoms with E-state index in [1.165, 1.54) is 11.1 Å². The number of nitrogens with zero attached hydrogens (tertiary/aromatic N) is 3. The second-order valence-electron chi connectivity index (χ2n) is 10.4. The van der Waals surface area contributed by atoms with Gasteiger partial charge in [-0.2, -0.15) is 5.10 Å². The van der Waals surface area contributed by atoms with Gasteiger partial charge in [-0.1, -0.05) is 80.6 Å². The van der Waals surface area contributed by atoms with E-state index in [1.807, 2.05) is 41.0 Å². The maximum absolute atomic E-state index is 12.4. The molecular formula is C32H31N5O. The Bertz CT molecular complexity index is 1570. The molecule has 2 N–H and O–H groups in total. The van der Waals surface area contributed by atoms with Gasteiger partial charge in [0.25, 0.3) is 5.91 Å². The number of fused-ring (bicyclic) bond motifs is 1.